The number of H-pyrrole nitrogens is 1. The van der Waals surface area contributed by atoms with Crippen LogP contribution in [0.2, 0.25) is 0 Å². The topological polar surface area (TPSA) is 260 Å². The molecule has 4 fully saturated rings. The van der Waals surface area contributed by atoms with Crippen molar-refractivity contribution in [2.24, 2.45) is 0 Å². The Kier molecular flexibility index (Phi) is 24.0. The number of pyridine rings is 3. The number of fused-ring (bicyclic) bond motifs is 6. The molecule has 15 aromatic rings. The molecule has 1 aliphatic heterocycles. The Morgan fingerprint density at radius 1 is 0.431 bits per heavy atom. The number of carbonyl (C=O) groups is 5. The smallest absolute Gasteiger partial charge is 0.338 e. The first-order chi connectivity index (χ1) is 59.5. The lowest BCUT2D eigenvalue weighted by atomic mass is 9.81. The van der Waals surface area contributed by atoms with Crippen LogP contribution in [0.4, 0.5) is 0 Å². The van der Waals surface area contributed by atoms with Gasteiger partial charge in [-0.05, 0) is 241 Å². The molecule has 23 heteroatoms. The largest absolute Gasteiger partial charge is 0.480 e. The number of aromatic amines is 1. The van der Waals surface area contributed by atoms with Crippen molar-refractivity contribution < 1.29 is 48.4 Å². The highest BCUT2D eigenvalue weighted by Gasteiger charge is 2.34. The van der Waals surface area contributed by atoms with Gasteiger partial charge in [-0.3, -0.25) is 9.59 Å². The van der Waals surface area contributed by atoms with Gasteiger partial charge in [0.15, 0.2) is 0 Å². The lowest BCUT2D eigenvalue weighted by molar-refractivity contribution is -0.137. The number of carboxylic acid groups (broad SMARTS) is 2. The molecule has 9 aromatic heterocycles. The fraction of sp³-hybridized carbons (Fsp3) is 0.350. The van der Waals surface area contributed by atoms with Crippen LogP contribution in [0.3, 0.4) is 0 Å². The molecule has 3 saturated carbocycles. The van der Waals surface area contributed by atoms with E-state index in [1.165, 1.54) is 81.2 Å². The second-order valence-corrected chi connectivity index (χ2v) is 37.1. The molecule has 10 heterocycles. The number of carbonyl (C=O) groups excluding carboxylic acids is 3. The van der Waals surface area contributed by atoms with Gasteiger partial charge in [0, 0.05) is 50.9 Å². The number of aliphatic carboxylic acids is 1. The zero-order chi connectivity index (χ0) is 85.8. The summed E-state index contributed by atoms with van der Waals surface area (Å²) in [4.78, 5) is 101. The Labute approximate surface area is 726 Å². The molecule has 20 nitrogen and oxygen atoms in total. The maximum absolute atomic E-state index is 13.8. The number of aryl methyl sites for hydroxylation is 9. The van der Waals surface area contributed by atoms with Crippen LogP contribution in [0.1, 0.15) is 211 Å². The SMILES string of the molecule is COC(=O)c1ccc2c(C3CCCCC3)c(-c3ccc4nc(-c5sc(C)nc5C)ccc4c3)[nH]c2c1C.COC(=O)c1ccc2c(C3CCCCC3)c(-c3ccc4nc(-c5sc(C)nc5C)ccc4c3)n(CC(=O)O)c2c1C.Cc1nc(C)c(-c2ccc3cc(-c4c(C5CCCCC5)c5ccc(C(=O)O)c(C)c5n4CC(=O)N4CCOCC4)ccc3n2)s1. The monoisotopic (exact) mass is 1700 g/mol. The molecule has 1 saturated heterocycles. The van der Waals surface area contributed by atoms with Crippen LogP contribution in [0.25, 0.3) is 131 Å². The van der Waals surface area contributed by atoms with Crippen LogP contribution in [-0.4, -0.2) is 129 Å². The van der Waals surface area contributed by atoms with Crippen LogP contribution in [0, 0.1) is 62.3 Å². The van der Waals surface area contributed by atoms with E-state index in [2.05, 4.69) is 109 Å². The van der Waals surface area contributed by atoms with Gasteiger partial charge in [0.25, 0.3) is 0 Å². The molecule has 123 heavy (non-hydrogen) atoms. The average molecular weight is 1700 g/mol. The molecule has 0 unspecified atom stereocenters. The fourth-order valence-electron chi connectivity index (χ4n) is 19.9. The van der Waals surface area contributed by atoms with Gasteiger partial charge < -0.3 is 43.4 Å². The summed E-state index contributed by atoms with van der Waals surface area (Å²) in [5, 5.41) is 29.6. The minimum absolute atomic E-state index is 0.0223. The number of esters is 2. The summed E-state index contributed by atoms with van der Waals surface area (Å²) in [6.45, 7) is 20.0. The van der Waals surface area contributed by atoms with Crippen LogP contribution < -0.4 is 0 Å². The number of hydrogen-bond acceptors (Lipinski definition) is 17. The minimum atomic E-state index is -0.957. The third-order valence-electron chi connectivity index (χ3n) is 25.7. The normalized spacial score (nSPS) is 15.0. The van der Waals surface area contributed by atoms with E-state index < -0.39 is 17.9 Å². The highest BCUT2D eigenvalue weighted by molar-refractivity contribution is 7.15. The fourth-order valence-corrected chi connectivity index (χ4v) is 22.6. The van der Waals surface area contributed by atoms with Crippen molar-refractivity contribution in [3.05, 3.63) is 210 Å². The number of benzene rings is 6. The molecular weight excluding hydrogens is 1600 g/mol. The summed E-state index contributed by atoms with van der Waals surface area (Å²) >= 11 is 4.99. The van der Waals surface area contributed by atoms with E-state index in [1.54, 1.807) is 40.1 Å². The highest BCUT2D eigenvalue weighted by Crippen LogP contribution is 2.50. The van der Waals surface area contributed by atoms with Crippen LogP contribution in [0.15, 0.2) is 127 Å². The van der Waals surface area contributed by atoms with Gasteiger partial charge in [-0.2, -0.15) is 0 Å². The predicted octanol–water partition coefficient (Wildman–Crippen LogP) is 23.6. The molecule has 0 bridgehead atoms. The second-order valence-electron chi connectivity index (χ2n) is 33.5. The molecule has 630 valence electrons. The summed E-state index contributed by atoms with van der Waals surface area (Å²) in [5.41, 5.74) is 24.9. The molecule has 0 spiro atoms. The summed E-state index contributed by atoms with van der Waals surface area (Å²) in [6.07, 6.45) is 17.6. The number of thiazole rings is 3. The first-order valence-electron chi connectivity index (χ1n) is 43.0. The van der Waals surface area contributed by atoms with Gasteiger partial charge in [0.05, 0.1) is 153 Å². The molecule has 3 aliphatic carbocycles. The Morgan fingerprint density at radius 3 is 1.22 bits per heavy atom. The number of aromatic carboxylic acids is 1. The average Bonchev–Trinajstić information content (AvgIpc) is 1.58. The van der Waals surface area contributed by atoms with E-state index in [0.717, 1.165) is 220 Å². The van der Waals surface area contributed by atoms with Gasteiger partial charge in [-0.25, -0.2) is 44.3 Å². The van der Waals surface area contributed by atoms with Crippen molar-refractivity contribution in [1.82, 2.24) is 48.9 Å². The molecule has 4 aliphatic rings. The van der Waals surface area contributed by atoms with E-state index in [1.807, 2.05) is 108 Å². The number of rotatable bonds is 16. The van der Waals surface area contributed by atoms with E-state index in [0.29, 0.717) is 60.7 Å². The number of amides is 1. The Hall–Kier alpha value is -11.6. The van der Waals surface area contributed by atoms with Gasteiger partial charge in [0.1, 0.15) is 13.1 Å². The highest BCUT2D eigenvalue weighted by atomic mass is 32.1. The van der Waals surface area contributed by atoms with E-state index >= 15 is 0 Å². The van der Waals surface area contributed by atoms with E-state index in [9.17, 15) is 34.2 Å². The van der Waals surface area contributed by atoms with Crippen LogP contribution >= 0.6 is 34.0 Å². The first kappa shape index (κ1) is 83.6. The number of hydrogen-bond donors (Lipinski definition) is 3. The van der Waals surface area contributed by atoms with Gasteiger partial charge in [-0.1, -0.05) is 112 Å². The number of carboxylic acids is 2. The molecule has 3 N–H and O–H groups in total. The summed E-state index contributed by atoms with van der Waals surface area (Å²) in [6, 6.07) is 43.2. The number of aromatic nitrogens is 9. The van der Waals surface area contributed by atoms with Crippen molar-refractivity contribution in [1.29, 1.82) is 0 Å². The van der Waals surface area contributed by atoms with Crippen molar-refractivity contribution in [2.75, 3.05) is 40.5 Å². The number of methoxy groups -OCH3 is 2. The van der Waals surface area contributed by atoms with E-state index in [-0.39, 0.29) is 30.5 Å². The van der Waals surface area contributed by atoms with Gasteiger partial charge in [0.2, 0.25) is 5.91 Å². The van der Waals surface area contributed by atoms with Crippen molar-refractivity contribution in [3.8, 4) is 65.5 Å². The lowest BCUT2D eigenvalue weighted by Gasteiger charge is -2.28. The summed E-state index contributed by atoms with van der Waals surface area (Å²) < 4.78 is 19.6. The lowest BCUT2D eigenvalue weighted by Crippen LogP contribution is -2.42. The maximum Gasteiger partial charge on any atom is 0.338 e. The minimum Gasteiger partial charge on any atom is -0.480 e. The third kappa shape index (κ3) is 16.4. The Morgan fingerprint density at radius 2 is 0.813 bits per heavy atom. The number of morpholine rings is 1. The molecule has 19 rings (SSSR count). The van der Waals surface area contributed by atoms with Crippen molar-refractivity contribution in [3.63, 3.8) is 0 Å². The predicted molar refractivity (Wildman–Crippen MR) is 492 cm³/mol. The van der Waals surface area contributed by atoms with E-state index in [4.69, 9.17) is 29.2 Å². The molecule has 0 radical (unpaired) electrons. The van der Waals surface area contributed by atoms with Crippen LogP contribution in [0.5, 0.6) is 0 Å². The van der Waals surface area contributed by atoms with Crippen molar-refractivity contribution in [2.45, 2.75) is 189 Å². The quantitative estimate of drug-likeness (QED) is 0.0760. The summed E-state index contributed by atoms with van der Waals surface area (Å²) in [5.74, 6) is -1.43. The maximum atomic E-state index is 13.8. The van der Waals surface area contributed by atoms with Gasteiger partial charge in [-0.15, -0.1) is 34.0 Å². The second kappa shape index (κ2) is 35.3. The standard InChI is InChI=1S/C36H38N4O4S.C33H33N3O4S.C31H31N3O2S/c1-21-27(36(42)43)11-12-28-32(24-7-5-4-6-8-24)34(40(33(21)28)20-31(41)39-15-17-44-18-16-39)26-10-13-29-25(19-26)9-14-30(38-29)35-22(2)37-23(3)45-35;1-18-24(33(39)40-4)12-13-25-29(21-8-6-5-7-9-21)31(36(30(18)25)17-28(37)38)23-11-14-26-22(16-23)10-15-27(35-26)32-19(2)34-20(3)41-32;1-17-23(31(35)36-4)12-13-24-27(20-8-6-5-7-9-20)29(34-28(17)24)22-11-14-25-21(16-22)10-15-26(33-25)30-18(2)32-19(3)37-30/h9-14,19,24H,4-8,15-18,20H2,1-3H3,(H,42,43);10-16,21H,5-9,17H2,1-4H3,(H,37,38);10-16,20,34H,5-9H2,1-4H3. The number of ether oxygens (including phenoxy) is 3. The first-order valence-corrected chi connectivity index (χ1v) is 45.5. The third-order valence-corrected chi connectivity index (χ3v) is 28.9. The molecule has 0 atom stereocenters. The number of nitrogens with one attached hydrogen (secondary N) is 1. The summed E-state index contributed by atoms with van der Waals surface area (Å²) in [7, 11) is 2.80. The van der Waals surface area contributed by atoms with Gasteiger partial charge >= 0.3 is 23.9 Å². The zero-order valence-corrected chi connectivity index (χ0v) is 74.1. The molecule has 1 amide bonds. The zero-order valence-electron chi connectivity index (χ0n) is 71.6. The Bertz CT molecular complexity index is 6690. The number of nitrogens with zero attached hydrogens (tertiary/aromatic N) is 9. The molecule has 6 aromatic carbocycles. The molecular formula is C100H102N10O10S3. The van der Waals surface area contributed by atoms with Crippen molar-refractivity contribution >= 4 is 129 Å². The van der Waals surface area contributed by atoms with Crippen LogP contribution in [-0.2, 0) is 36.9 Å². The Balaban J connectivity index is 0.000000132.